The van der Waals surface area contributed by atoms with Crippen LogP contribution in [0, 0.1) is 5.82 Å². The number of hydrogen-bond acceptors (Lipinski definition) is 3. The maximum absolute atomic E-state index is 12.9. The normalized spacial score (nSPS) is 10.2. The summed E-state index contributed by atoms with van der Waals surface area (Å²) in [6, 6.07) is 10.6. The molecule has 2 aromatic rings. The lowest BCUT2D eigenvalue weighted by Crippen LogP contribution is -2.08. The molecule has 2 rings (SSSR count). The first-order valence-corrected chi connectivity index (χ1v) is 5.91. The summed E-state index contributed by atoms with van der Waals surface area (Å²) in [5.74, 6) is -1.11. The molecular formula is C14H11ClFNO2. The van der Waals surface area contributed by atoms with E-state index in [1.54, 1.807) is 24.3 Å². The summed E-state index contributed by atoms with van der Waals surface area (Å²) in [7, 11) is 0. The molecule has 0 bridgehead atoms. The van der Waals surface area contributed by atoms with Crippen LogP contribution in [0.15, 0.2) is 42.5 Å². The van der Waals surface area contributed by atoms with Crippen LogP contribution >= 0.6 is 11.6 Å². The van der Waals surface area contributed by atoms with E-state index in [1.807, 2.05) is 0 Å². The summed E-state index contributed by atoms with van der Waals surface area (Å²) >= 11 is 5.94. The van der Waals surface area contributed by atoms with E-state index >= 15 is 0 Å². The molecule has 0 aliphatic carbocycles. The van der Waals surface area contributed by atoms with Gasteiger partial charge in [-0.3, -0.25) is 0 Å². The van der Waals surface area contributed by atoms with Crippen molar-refractivity contribution in [1.82, 2.24) is 0 Å². The fourth-order valence-corrected chi connectivity index (χ4v) is 1.75. The number of hydrogen-bond donors (Lipinski definition) is 1. The minimum absolute atomic E-state index is 0.0370. The number of carbonyl (C=O) groups excluding carboxylic acids is 1. The highest BCUT2D eigenvalue weighted by molar-refractivity contribution is 6.31. The molecular weight excluding hydrogens is 269 g/mol. The van der Waals surface area contributed by atoms with Crippen LogP contribution in [-0.2, 0) is 11.3 Å². The second-order valence-electron chi connectivity index (χ2n) is 3.90. The lowest BCUT2D eigenvalue weighted by Gasteiger charge is -2.08. The Morgan fingerprint density at radius 3 is 2.68 bits per heavy atom. The molecule has 0 aliphatic rings. The van der Waals surface area contributed by atoms with Crippen LogP contribution in [0.4, 0.5) is 10.1 Å². The number of nitrogen functional groups attached to an aromatic ring is 1. The summed E-state index contributed by atoms with van der Waals surface area (Å²) in [5.41, 5.74) is 6.43. The molecule has 98 valence electrons. The van der Waals surface area contributed by atoms with Crippen molar-refractivity contribution in [2.45, 2.75) is 6.61 Å². The Bertz CT molecular complexity index is 616. The molecule has 0 aromatic heterocycles. The SMILES string of the molecule is Nc1cc(F)ccc1C(=O)OCc1ccccc1Cl. The highest BCUT2D eigenvalue weighted by Gasteiger charge is 2.12. The van der Waals surface area contributed by atoms with Gasteiger partial charge in [0.2, 0.25) is 0 Å². The number of anilines is 1. The van der Waals surface area contributed by atoms with E-state index in [0.29, 0.717) is 10.6 Å². The van der Waals surface area contributed by atoms with E-state index in [2.05, 4.69) is 0 Å². The highest BCUT2D eigenvalue weighted by Crippen LogP contribution is 2.18. The van der Waals surface area contributed by atoms with Crippen LogP contribution in [0.25, 0.3) is 0 Å². The molecule has 3 nitrogen and oxygen atoms in total. The fraction of sp³-hybridized carbons (Fsp3) is 0.0714. The van der Waals surface area contributed by atoms with Crippen LogP contribution < -0.4 is 5.73 Å². The molecule has 0 spiro atoms. The summed E-state index contributed by atoms with van der Waals surface area (Å²) in [6.45, 7) is 0.0370. The highest BCUT2D eigenvalue weighted by atomic mass is 35.5. The van der Waals surface area contributed by atoms with Crippen molar-refractivity contribution < 1.29 is 13.9 Å². The Hall–Kier alpha value is -2.07. The molecule has 19 heavy (non-hydrogen) atoms. The van der Waals surface area contributed by atoms with Gasteiger partial charge in [-0.2, -0.15) is 0 Å². The molecule has 0 fully saturated rings. The topological polar surface area (TPSA) is 52.3 Å². The quantitative estimate of drug-likeness (QED) is 0.692. The Kier molecular flexibility index (Phi) is 4.02. The van der Waals surface area contributed by atoms with Crippen molar-refractivity contribution in [3.05, 3.63) is 64.4 Å². The molecule has 2 N–H and O–H groups in total. The maximum atomic E-state index is 12.9. The molecule has 5 heteroatoms. The summed E-state index contributed by atoms with van der Waals surface area (Å²) in [6.07, 6.45) is 0. The molecule has 0 saturated heterocycles. The first-order chi connectivity index (χ1) is 9.08. The molecule has 0 radical (unpaired) electrons. The predicted molar refractivity (Wildman–Crippen MR) is 71.4 cm³/mol. The average Bonchev–Trinajstić information content (AvgIpc) is 2.37. The summed E-state index contributed by atoms with van der Waals surface area (Å²) in [5, 5.41) is 0.516. The van der Waals surface area contributed by atoms with Gasteiger partial charge in [0.05, 0.1) is 5.56 Å². The Labute approximate surface area is 114 Å². The van der Waals surface area contributed by atoms with Gasteiger partial charge >= 0.3 is 5.97 Å². The van der Waals surface area contributed by atoms with Gasteiger partial charge < -0.3 is 10.5 Å². The van der Waals surface area contributed by atoms with Crippen molar-refractivity contribution >= 4 is 23.3 Å². The van der Waals surface area contributed by atoms with E-state index < -0.39 is 11.8 Å². The van der Waals surface area contributed by atoms with E-state index in [9.17, 15) is 9.18 Å². The number of nitrogens with two attached hydrogens (primary N) is 1. The van der Waals surface area contributed by atoms with Crippen molar-refractivity contribution in [2.75, 3.05) is 5.73 Å². The minimum Gasteiger partial charge on any atom is -0.457 e. The molecule has 0 saturated carbocycles. The van der Waals surface area contributed by atoms with Crippen LogP contribution in [0.2, 0.25) is 5.02 Å². The van der Waals surface area contributed by atoms with Crippen LogP contribution in [-0.4, -0.2) is 5.97 Å². The number of halogens is 2. The Morgan fingerprint density at radius 2 is 2.00 bits per heavy atom. The number of carbonyl (C=O) groups is 1. The zero-order valence-electron chi connectivity index (χ0n) is 9.90. The van der Waals surface area contributed by atoms with Gasteiger partial charge in [-0.25, -0.2) is 9.18 Å². The zero-order valence-corrected chi connectivity index (χ0v) is 10.7. The van der Waals surface area contributed by atoms with Gasteiger partial charge in [0, 0.05) is 16.3 Å². The van der Waals surface area contributed by atoms with E-state index in [1.165, 1.54) is 6.07 Å². The van der Waals surface area contributed by atoms with Crippen LogP contribution in [0.5, 0.6) is 0 Å². The van der Waals surface area contributed by atoms with Gasteiger partial charge in [0.1, 0.15) is 12.4 Å². The maximum Gasteiger partial charge on any atom is 0.340 e. The largest absolute Gasteiger partial charge is 0.457 e. The summed E-state index contributed by atoms with van der Waals surface area (Å²) < 4.78 is 18.0. The molecule has 0 unspecified atom stereocenters. The lowest BCUT2D eigenvalue weighted by molar-refractivity contribution is 0.0474. The number of esters is 1. The number of rotatable bonds is 3. The van der Waals surface area contributed by atoms with Crippen molar-refractivity contribution in [3.8, 4) is 0 Å². The monoisotopic (exact) mass is 279 g/mol. The molecule has 2 aromatic carbocycles. The van der Waals surface area contributed by atoms with Crippen molar-refractivity contribution in [3.63, 3.8) is 0 Å². The van der Waals surface area contributed by atoms with Gasteiger partial charge in [0.15, 0.2) is 0 Å². The Morgan fingerprint density at radius 1 is 1.26 bits per heavy atom. The van der Waals surface area contributed by atoms with Crippen LogP contribution in [0.1, 0.15) is 15.9 Å². The van der Waals surface area contributed by atoms with Gasteiger partial charge in [-0.05, 0) is 24.3 Å². The predicted octanol–water partition coefficient (Wildman–Crippen LogP) is 3.42. The molecule has 0 amide bonds. The van der Waals surface area contributed by atoms with E-state index in [-0.39, 0.29) is 17.9 Å². The minimum atomic E-state index is -0.614. The third kappa shape index (κ3) is 3.23. The fourth-order valence-electron chi connectivity index (χ4n) is 1.56. The summed E-state index contributed by atoms with van der Waals surface area (Å²) in [4.78, 5) is 11.8. The lowest BCUT2D eigenvalue weighted by atomic mass is 10.2. The molecule has 0 heterocycles. The first-order valence-electron chi connectivity index (χ1n) is 5.53. The second-order valence-corrected chi connectivity index (χ2v) is 4.31. The molecule has 0 atom stereocenters. The average molecular weight is 280 g/mol. The molecule has 0 aliphatic heterocycles. The van der Waals surface area contributed by atoms with Crippen molar-refractivity contribution in [2.24, 2.45) is 0 Å². The second kappa shape index (κ2) is 5.71. The van der Waals surface area contributed by atoms with E-state index in [4.69, 9.17) is 22.1 Å². The smallest absolute Gasteiger partial charge is 0.340 e. The number of ether oxygens (including phenoxy) is 1. The van der Waals surface area contributed by atoms with Gasteiger partial charge in [-0.15, -0.1) is 0 Å². The van der Waals surface area contributed by atoms with Crippen LogP contribution in [0.3, 0.4) is 0 Å². The van der Waals surface area contributed by atoms with Gasteiger partial charge in [0.25, 0.3) is 0 Å². The standard InChI is InChI=1S/C14H11ClFNO2/c15-12-4-2-1-3-9(12)8-19-14(18)11-6-5-10(16)7-13(11)17/h1-7H,8,17H2. The Balaban J connectivity index is 2.08. The first kappa shape index (κ1) is 13.4. The van der Waals surface area contributed by atoms with Crippen molar-refractivity contribution in [1.29, 1.82) is 0 Å². The third-order valence-electron chi connectivity index (χ3n) is 2.55. The van der Waals surface area contributed by atoms with E-state index in [0.717, 1.165) is 12.1 Å². The van der Waals surface area contributed by atoms with Gasteiger partial charge in [-0.1, -0.05) is 29.8 Å². The third-order valence-corrected chi connectivity index (χ3v) is 2.92. The number of benzene rings is 2. The zero-order chi connectivity index (χ0) is 13.8.